The van der Waals surface area contributed by atoms with Crippen molar-refractivity contribution in [3.63, 3.8) is 0 Å². The molecular formula is C19H18FN3O3. The summed E-state index contributed by atoms with van der Waals surface area (Å²) in [5, 5.41) is 6.58. The average Bonchev–Trinajstić information content (AvgIpc) is 2.96. The van der Waals surface area contributed by atoms with Gasteiger partial charge in [0.2, 0.25) is 5.91 Å². The Bertz CT molecular complexity index is 976. The molecule has 1 aromatic heterocycles. The number of aryl methyl sites for hydroxylation is 1. The van der Waals surface area contributed by atoms with Crippen LogP contribution in [0.15, 0.2) is 57.8 Å². The fraction of sp³-hybridized carbons (Fsp3) is 0.211. The summed E-state index contributed by atoms with van der Waals surface area (Å²) in [6, 6.07) is 12.9. The van der Waals surface area contributed by atoms with Crippen LogP contribution in [-0.4, -0.2) is 15.6 Å². The summed E-state index contributed by atoms with van der Waals surface area (Å²) < 4.78 is 18.9. The summed E-state index contributed by atoms with van der Waals surface area (Å²) in [5.41, 5.74) is 2.39. The minimum Gasteiger partial charge on any atom is -0.348 e. The van der Waals surface area contributed by atoms with E-state index in [0.29, 0.717) is 5.82 Å². The van der Waals surface area contributed by atoms with Crippen molar-refractivity contribution < 1.29 is 13.7 Å². The van der Waals surface area contributed by atoms with Crippen LogP contribution in [0.3, 0.4) is 0 Å². The van der Waals surface area contributed by atoms with E-state index in [4.69, 9.17) is 4.52 Å². The Morgan fingerprint density at radius 2 is 1.92 bits per heavy atom. The van der Waals surface area contributed by atoms with E-state index < -0.39 is 5.76 Å². The summed E-state index contributed by atoms with van der Waals surface area (Å²) in [4.78, 5) is 24.3. The summed E-state index contributed by atoms with van der Waals surface area (Å²) in [6.07, 6.45) is 0. The zero-order valence-corrected chi connectivity index (χ0v) is 14.4. The molecule has 1 atom stereocenters. The number of amides is 1. The van der Waals surface area contributed by atoms with E-state index in [0.717, 1.165) is 16.7 Å². The van der Waals surface area contributed by atoms with Crippen LogP contribution in [0.1, 0.15) is 24.1 Å². The number of halogens is 1. The van der Waals surface area contributed by atoms with E-state index in [2.05, 4.69) is 10.5 Å². The Labute approximate surface area is 149 Å². The van der Waals surface area contributed by atoms with Crippen LogP contribution in [0, 0.1) is 12.7 Å². The lowest BCUT2D eigenvalue weighted by molar-refractivity contribution is -0.122. The number of nitrogens with one attached hydrogen (secondary N) is 1. The molecule has 0 bridgehead atoms. The predicted octanol–water partition coefficient (Wildman–Crippen LogP) is 2.83. The molecule has 6 nitrogen and oxygen atoms in total. The van der Waals surface area contributed by atoms with Crippen molar-refractivity contribution in [2.24, 2.45) is 0 Å². The fourth-order valence-corrected chi connectivity index (χ4v) is 2.69. The number of carbonyl (C=O) groups is 1. The van der Waals surface area contributed by atoms with Gasteiger partial charge in [0, 0.05) is 5.56 Å². The third kappa shape index (κ3) is 3.72. The molecule has 1 heterocycles. The minimum absolute atomic E-state index is 0.225. The Kier molecular flexibility index (Phi) is 4.97. The second-order valence-electron chi connectivity index (χ2n) is 6.01. The Morgan fingerprint density at radius 3 is 2.62 bits per heavy atom. The highest BCUT2D eigenvalue weighted by Gasteiger charge is 2.18. The van der Waals surface area contributed by atoms with Gasteiger partial charge in [0.15, 0.2) is 5.82 Å². The first-order valence-corrected chi connectivity index (χ1v) is 8.13. The maximum Gasteiger partial charge on any atom is 0.442 e. The van der Waals surface area contributed by atoms with E-state index in [1.807, 2.05) is 31.2 Å². The smallest absolute Gasteiger partial charge is 0.348 e. The molecule has 26 heavy (non-hydrogen) atoms. The van der Waals surface area contributed by atoms with Crippen LogP contribution >= 0.6 is 0 Å². The van der Waals surface area contributed by atoms with Crippen LogP contribution in [0.4, 0.5) is 4.39 Å². The molecule has 1 unspecified atom stereocenters. The highest BCUT2D eigenvalue weighted by molar-refractivity contribution is 5.77. The zero-order valence-electron chi connectivity index (χ0n) is 14.4. The molecule has 0 aliphatic carbocycles. The molecule has 0 saturated carbocycles. The maximum atomic E-state index is 13.0. The van der Waals surface area contributed by atoms with Gasteiger partial charge in [0.05, 0.1) is 6.04 Å². The SMILES string of the molecule is Cc1ccccc1-c1noc(=O)n1CC(=O)NC(C)c1ccc(F)cc1. The topological polar surface area (TPSA) is 77.1 Å². The summed E-state index contributed by atoms with van der Waals surface area (Å²) in [5.74, 6) is -1.11. The van der Waals surface area contributed by atoms with Gasteiger partial charge < -0.3 is 5.32 Å². The third-order valence-corrected chi connectivity index (χ3v) is 4.12. The molecule has 0 radical (unpaired) electrons. The summed E-state index contributed by atoms with van der Waals surface area (Å²) in [6.45, 7) is 3.44. The third-order valence-electron chi connectivity index (χ3n) is 4.12. The monoisotopic (exact) mass is 355 g/mol. The van der Waals surface area contributed by atoms with Crippen LogP contribution in [0.25, 0.3) is 11.4 Å². The molecular weight excluding hydrogens is 337 g/mol. The van der Waals surface area contributed by atoms with Gasteiger partial charge in [-0.2, -0.15) is 0 Å². The lowest BCUT2D eigenvalue weighted by Gasteiger charge is -2.14. The molecule has 2 aromatic carbocycles. The van der Waals surface area contributed by atoms with Gasteiger partial charge in [-0.15, -0.1) is 0 Å². The van der Waals surface area contributed by atoms with Crippen molar-refractivity contribution in [3.8, 4) is 11.4 Å². The molecule has 134 valence electrons. The standard InChI is InChI=1S/C19H18FN3O3/c1-12-5-3-4-6-16(12)18-22-26-19(25)23(18)11-17(24)21-13(2)14-7-9-15(20)10-8-14/h3-10,13H,11H2,1-2H3,(H,21,24). The first-order valence-electron chi connectivity index (χ1n) is 8.13. The van der Waals surface area contributed by atoms with E-state index in [-0.39, 0.29) is 24.3 Å². The van der Waals surface area contributed by atoms with Gasteiger partial charge in [-0.25, -0.2) is 13.8 Å². The van der Waals surface area contributed by atoms with Crippen molar-refractivity contribution in [2.45, 2.75) is 26.4 Å². The highest BCUT2D eigenvalue weighted by atomic mass is 19.1. The van der Waals surface area contributed by atoms with Crippen molar-refractivity contribution in [3.05, 3.63) is 76.0 Å². The first kappa shape index (κ1) is 17.6. The molecule has 0 saturated heterocycles. The average molecular weight is 355 g/mol. The molecule has 0 aliphatic rings. The molecule has 3 rings (SSSR count). The molecule has 7 heteroatoms. The Balaban J connectivity index is 1.78. The second-order valence-corrected chi connectivity index (χ2v) is 6.01. The molecule has 0 aliphatic heterocycles. The summed E-state index contributed by atoms with van der Waals surface area (Å²) in [7, 11) is 0. The second kappa shape index (κ2) is 7.35. The highest BCUT2D eigenvalue weighted by Crippen LogP contribution is 2.20. The van der Waals surface area contributed by atoms with Crippen molar-refractivity contribution >= 4 is 5.91 Å². The number of hydrogen-bond donors (Lipinski definition) is 1. The molecule has 3 aromatic rings. The van der Waals surface area contributed by atoms with Gasteiger partial charge in [-0.1, -0.05) is 41.6 Å². The number of rotatable bonds is 5. The first-order chi connectivity index (χ1) is 12.5. The van der Waals surface area contributed by atoms with Gasteiger partial charge >= 0.3 is 5.76 Å². The van der Waals surface area contributed by atoms with E-state index in [9.17, 15) is 14.0 Å². The largest absolute Gasteiger partial charge is 0.442 e. The van der Waals surface area contributed by atoms with Crippen LogP contribution in [0.5, 0.6) is 0 Å². The minimum atomic E-state index is -0.701. The lowest BCUT2D eigenvalue weighted by Crippen LogP contribution is -2.33. The van der Waals surface area contributed by atoms with Crippen LogP contribution in [-0.2, 0) is 11.3 Å². The zero-order chi connectivity index (χ0) is 18.7. The normalized spacial score (nSPS) is 12.0. The fourth-order valence-electron chi connectivity index (χ4n) is 2.69. The van der Waals surface area contributed by atoms with Gasteiger partial charge in [-0.05, 0) is 37.1 Å². The number of hydrogen-bond acceptors (Lipinski definition) is 4. The predicted molar refractivity (Wildman–Crippen MR) is 93.9 cm³/mol. The van der Waals surface area contributed by atoms with E-state index >= 15 is 0 Å². The van der Waals surface area contributed by atoms with Gasteiger partial charge in [-0.3, -0.25) is 9.32 Å². The van der Waals surface area contributed by atoms with Crippen LogP contribution < -0.4 is 11.1 Å². The van der Waals surface area contributed by atoms with Crippen molar-refractivity contribution in [1.29, 1.82) is 0 Å². The Hall–Kier alpha value is -3.22. The Morgan fingerprint density at radius 1 is 1.23 bits per heavy atom. The molecule has 0 spiro atoms. The number of aromatic nitrogens is 2. The number of carbonyl (C=O) groups excluding carboxylic acids is 1. The van der Waals surface area contributed by atoms with E-state index in [1.54, 1.807) is 19.1 Å². The molecule has 0 fully saturated rings. The maximum absolute atomic E-state index is 13.0. The van der Waals surface area contributed by atoms with Crippen molar-refractivity contribution in [2.75, 3.05) is 0 Å². The van der Waals surface area contributed by atoms with E-state index in [1.165, 1.54) is 16.7 Å². The lowest BCUT2D eigenvalue weighted by atomic mass is 10.1. The van der Waals surface area contributed by atoms with Gasteiger partial charge in [0.1, 0.15) is 12.4 Å². The van der Waals surface area contributed by atoms with Crippen LogP contribution in [0.2, 0.25) is 0 Å². The molecule has 1 amide bonds. The van der Waals surface area contributed by atoms with Gasteiger partial charge in [0.25, 0.3) is 0 Å². The number of benzene rings is 2. The quantitative estimate of drug-likeness (QED) is 0.763. The summed E-state index contributed by atoms with van der Waals surface area (Å²) >= 11 is 0. The van der Waals surface area contributed by atoms with Crippen molar-refractivity contribution in [1.82, 2.24) is 15.0 Å². The number of nitrogens with zero attached hydrogens (tertiary/aromatic N) is 2. The molecule has 1 N–H and O–H groups in total.